The van der Waals surface area contributed by atoms with E-state index in [1.54, 1.807) is 0 Å². The average Bonchev–Trinajstić information content (AvgIpc) is 3.17. The van der Waals surface area contributed by atoms with Gasteiger partial charge in [0.25, 0.3) is 0 Å². The number of pyridine rings is 1. The second kappa shape index (κ2) is 8.97. The van der Waals surface area contributed by atoms with Crippen molar-refractivity contribution >= 4 is 16.9 Å². The molecule has 0 fully saturated rings. The Morgan fingerprint density at radius 3 is 2.34 bits per heavy atom. The summed E-state index contributed by atoms with van der Waals surface area (Å²) in [6.45, 7) is 4.42. The van der Waals surface area contributed by atoms with Crippen LogP contribution in [0.5, 0.6) is 0 Å². The number of hydrogen-bond acceptors (Lipinski definition) is 4. The van der Waals surface area contributed by atoms with E-state index in [1.165, 1.54) is 7.11 Å². The number of rotatable bonds is 6. The lowest BCUT2D eigenvalue weighted by Crippen LogP contribution is -2.25. The molecule has 0 saturated carbocycles. The number of nitrogens with one attached hydrogen (secondary N) is 1. The van der Waals surface area contributed by atoms with Gasteiger partial charge in [-0.05, 0) is 43.8 Å². The van der Waals surface area contributed by atoms with Crippen molar-refractivity contribution in [2.75, 3.05) is 21.2 Å². The molecule has 0 aliphatic rings. The molecule has 32 heavy (non-hydrogen) atoms. The van der Waals surface area contributed by atoms with Crippen molar-refractivity contribution in [2.24, 2.45) is 5.92 Å². The molecule has 4 rings (SSSR count). The Kier molecular flexibility index (Phi) is 6.10. The van der Waals surface area contributed by atoms with E-state index in [2.05, 4.69) is 61.0 Å². The van der Waals surface area contributed by atoms with Gasteiger partial charge in [-0.25, -0.2) is 4.79 Å². The van der Waals surface area contributed by atoms with Crippen molar-refractivity contribution in [3.05, 3.63) is 78.2 Å². The molecular weight excluding hydrogens is 398 g/mol. The Bertz CT molecular complexity index is 1230. The van der Waals surface area contributed by atoms with Crippen LogP contribution >= 0.6 is 0 Å². The molecule has 2 aromatic carbocycles. The lowest BCUT2D eigenvalue weighted by Gasteiger charge is -2.28. The lowest BCUT2D eigenvalue weighted by molar-refractivity contribution is 0.0603. The number of aromatic amines is 1. The van der Waals surface area contributed by atoms with Gasteiger partial charge < -0.3 is 14.6 Å². The first-order valence-corrected chi connectivity index (χ1v) is 10.8. The van der Waals surface area contributed by atoms with Crippen molar-refractivity contribution in [3.63, 3.8) is 0 Å². The molecule has 0 amide bonds. The summed E-state index contributed by atoms with van der Waals surface area (Å²) < 4.78 is 5.11. The largest absolute Gasteiger partial charge is 0.465 e. The van der Waals surface area contributed by atoms with Crippen molar-refractivity contribution in [1.29, 1.82) is 0 Å². The first kappa shape index (κ1) is 21.8. The zero-order valence-corrected chi connectivity index (χ0v) is 19.2. The van der Waals surface area contributed by atoms with Crippen LogP contribution in [0, 0.1) is 5.92 Å². The molecule has 0 radical (unpaired) electrons. The summed E-state index contributed by atoms with van der Waals surface area (Å²) in [6, 6.07) is 18.2. The molecule has 0 saturated heterocycles. The molecule has 2 aromatic heterocycles. The maximum absolute atomic E-state index is 12.7. The minimum Gasteiger partial charge on any atom is -0.465 e. The summed E-state index contributed by atoms with van der Waals surface area (Å²) in [5.74, 6) is 0.00387. The second-order valence-corrected chi connectivity index (χ2v) is 8.61. The predicted molar refractivity (Wildman–Crippen MR) is 130 cm³/mol. The number of nitrogens with zero attached hydrogens (tertiary/aromatic N) is 2. The van der Waals surface area contributed by atoms with E-state index >= 15 is 0 Å². The average molecular weight is 428 g/mol. The van der Waals surface area contributed by atoms with Crippen molar-refractivity contribution < 1.29 is 9.53 Å². The molecule has 1 N–H and O–H groups in total. The topological polar surface area (TPSA) is 58.2 Å². The number of ether oxygens (including phenoxy) is 1. The van der Waals surface area contributed by atoms with Gasteiger partial charge in [-0.3, -0.25) is 4.98 Å². The quantitative estimate of drug-likeness (QED) is 0.387. The van der Waals surface area contributed by atoms with Crippen LogP contribution in [0.3, 0.4) is 0 Å². The van der Waals surface area contributed by atoms with Crippen molar-refractivity contribution in [3.8, 4) is 22.3 Å². The second-order valence-electron chi connectivity index (χ2n) is 8.61. The smallest absolute Gasteiger partial charge is 0.338 e. The molecule has 1 atom stereocenters. The number of methoxy groups -OCH3 is 1. The minimum atomic E-state index is -0.347. The molecule has 4 aromatic rings. The maximum Gasteiger partial charge on any atom is 0.338 e. The van der Waals surface area contributed by atoms with E-state index in [0.717, 1.165) is 38.9 Å². The van der Waals surface area contributed by atoms with Crippen LogP contribution in [0.2, 0.25) is 0 Å². The number of carbonyl (C=O) groups excluding carboxylic acids is 1. The van der Waals surface area contributed by atoms with E-state index < -0.39 is 0 Å². The van der Waals surface area contributed by atoms with E-state index in [1.807, 2.05) is 48.8 Å². The zero-order valence-electron chi connectivity index (χ0n) is 19.2. The van der Waals surface area contributed by atoms with E-state index in [0.29, 0.717) is 11.5 Å². The summed E-state index contributed by atoms with van der Waals surface area (Å²) in [4.78, 5) is 23.1. The Balaban J connectivity index is 2.04. The highest BCUT2D eigenvalue weighted by atomic mass is 16.5. The molecule has 0 spiro atoms. The van der Waals surface area contributed by atoms with Crippen LogP contribution in [0.15, 0.2) is 67.0 Å². The number of aromatic nitrogens is 2. The molecule has 164 valence electrons. The fourth-order valence-electron chi connectivity index (χ4n) is 4.62. The number of benzene rings is 2. The van der Waals surface area contributed by atoms with E-state index in [-0.39, 0.29) is 12.0 Å². The van der Waals surface area contributed by atoms with Crippen molar-refractivity contribution in [2.45, 2.75) is 19.9 Å². The Hall–Kier alpha value is -3.44. The van der Waals surface area contributed by atoms with Gasteiger partial charge in [-0.2, -0.15) is 0 Å². The van der Waals surface area contributed by atoms with E-state index in [9.17, 15) is 4.79 Å². The summed E-state index contributed by atoms with van der Waals surface area (Å²) in [7, 11) is 5.59. The summed E-state index contributed by atoms with van der Waals surface area (Å²) >= 11 is 0. The van der Waals surface area contributed by atoms with Gasteiger partial charge in [0, 0.05) is 45.7 Å². The van der Waals surface area contributed by atoms with Gasteiger partial charge in [-0.1, -0.05) is 50.2 Å². The van der Waals surface area contributed by atoms with Crippen LogP contribution in [0.1, 0.15) is 35.9 Å². The van der Waals surface area contributed by atoms with Gasteiger partial charge in [0.1, 0.15) is 0 Å². The molecule has 5 nitrogen and oxygen atoms in total. The van der Waals surface area contributed by atoms with Gasteiger partial charge in [0.2, 0.25) is 0 Å². The highest BCUT2D eigenvalue weighted by Gasteiger charge is 2.28. The predicted octanol–water partition coefficient (Wildman–Crippen LogP) is 5.94. The fourth-order valence-corrected chi connectivity index (χ4v) is 4.62. The standard InChI is InChI=1S/C27H29N3O2/c1-17(2)26(30(3)4)25-23(24-21(27(31)32-5)12-9-13-22(24)29-25)20-14-19(15-28-16-20)18-10-7-6-8-11-18/h6-17,26,29H,1-5H3. The first-order chi connectivity index (χ1) is 15.4. The third-order valence-corrected chi connectivity index (χ3v) is 5.88. The normalized spacial score (nSPS) is 12.5. The number of H-pyrrole nitrogens is 1. The molecule has 0 aliphatic carbocycles. The molecule has 1 unspecified atom stereocenters. The van der Waals surface area contributed by atoms with Crippen LogP contribution in [-0.4, -0.2) is 42.0 Å². The number of esters is 1. The third-order valence-electron chi connectivity index (χ3n) is 5.88. The van der Waals surface area contributed by atoms with Crippen molar-refractivity contribution in [1.82, 2.24) is 14.9 Å². The van der Waals surface area contributed by atoms with Gasteiger partial charge in [0.05, 0.1) is 18.7 Å². The van der Waals surface area contributed by atoms with Crippen LogP contribution in [0.4, 0.5) is 0 Å². The van der Waals surface area contributed by atoms with Crippen LogP contribution in [0.25, 0.3) is 33.2 Å². The summed E-state index contributed by atoms with van der Waals surface area (Å²) in [6.07, 6.45) is 3.75. The number of carbonyl (C=O) groups is 1. The first-order valence-electron chi connectivity index (χ1n) is 10.8. The van der Waals surface area contributed by atoms with Gasteiger partial charge in [0.15, 0.2) is 0 Å². The zero-order chi connectivity index (χ0) is 22.8. The number of fused-ring (bicyclic) bond motifs is 1. The molecule has 5 heteroatoms. The fraction of sp³-hybridized carbons (Fsp3) is 0.259. The molecule has 0 bridgehead atoms. The Morgan fingerprint density at radius 1 is 0.969 bits per heavy atom. The minimum absolute atomic E-state index is 0.128. The lowest BCUT2D eigenvalue weighted by atomic mass is 9.91. The van der Waals surface area contributed by atoms with Crippen LogP contribution < -0.4 is 0 Å². The Labute approximate surface area is 189 Å². The Morgan fingerprint density at radius 2 is 1.69 bits per heavy atom. The SMILES string of the molecule is COC(=O)c1cccc2[nH]c(C(C(C)C)N(C)C)c(-c3cncc(-c4ccccc4)c3)c12. The highest BCUT2D eigenvalue weighted by molar-refractivity contribution is 6.11. The van der Waals surface area contributed by atoms with E-state index in [4.69, 9.17) is 4.74 Å². The maximum atomic E-state index is 12.7. The van der Waals surface area contributed by atoms with Gasteiger partial charge >= 0.3 is 5.97 Å². The highest BCUT2D eigenvalue weighted by Crippen LogP contribution is 2.41. The number of hydrogen-bond donors (Lipinski definition) is 1. The molecule has 0 aliphatic heterocycles. The van der Waals surface area contributed by atoms with Gasteiger partial charge in [-0.15, -0.1) is 0 Å². The summed E-state index contributed by atoms with van der Waals surface area (Å²) in [5, 5.41) is 0.869. The molecule has 2 heterocycles. The third kappa shape index (κ3) is 3.92. The molecular formula is C27H29N3O2. The monoisotopic (exact) mass is 427 g/mol. The van der Waals surface area contributed by atoms with Crippen LogP contribution in [-0.2, 0) is 4.74 Å². The summed E-state index contributed by atoms with van der Waals surface area (Å²) in [5.41, 5.74) is 6.64.